The van der Waals surface area contributed by atoms with Crippen LogP contribution in [0.25, 0.3) is 0 Å². The minimum Gasteiger partial charge on any atom is -0.447 e. The first-order chi connectivity index (χ1) is 11.9. The Kier molecular flexibility index (Phi) is 4.73. The maximum atomic E-state index is 12.8. The van der Waals surface area contributed by atoms with E-state index in [0.717, 1.165) is 0 Å². The largest absolute Gasteiger partial charge is 0.447 e. The number of carbonyl (C=O) groups is 1. The van der Waals surface area contributed by atoms with Gasteiger partial charge in [-0.1, -0.05) is 32.0 Å². The van der Waals surface area contributed by atoms with Gasteiger partial charge < -0.3 is 9.73 Å². The summed E-state index contributed by atoms with van der Waals surface area (Å²) in [7, 11) is -3.72. The Labute approximate surface area is 149 Å². The first-order valence-corrected chi connectivity index (χ1v) is 9.95. The van der Waals surface area contributed by atoms with Crippen molar-refractivity contribution >= 4 is 32.8 Å². The third-order valence-corrected chi connectivity index (χ3v) is 6.25. The number of hydrogen-bond donors (Lipinski definition) is 1. The lowest BCUT2D eigenvalue weighted by Crippen LogP contribution is -2.16. The second-order valence-corrected chi connectivity index (χ2v) is 8.30. The van der Waals surface area contributed by atoms with E-state index in [-0.39, 0.29) is 27.1 Å². The highest BCUT2D eigenvalue weighted by molar-refractivity contribution is 7.91. The van der Waals surface area contributed by atoms with E-state index in [9.17, 15) is 13.2 Å². The van der Waals surface area contributed by atoms with Crippen molar-refractivity contribution < 1.29 is 17.6 Å². The zero-order valence-corrected chi connectivity index (χ0v) is 15.2. The molecular formula is C17H16N2O4S2. The van der Waals surface area contributed by atoms with E-state index >= 15 is 0 Å². The average molecular weight is 376 g/mol. The van der Waals surface area contributed by atoms with Gasteiger partial charge in [0.15, 0.2) is 12.1 Å². The van der Waals surface area contributed by atoms with Gasteiger partial charge in [0.1, 0.15) is 10.7 Å². The number of amides is 1. The van der Waals surface area contributed by atoms with Gasteiger partial charge in [0, 0.05) is 16.7 Å². The lowest BCUT2D eigenvalue weighted by molar-refractivity contribution is 0.102. The fourth-order valence-corrected chi connectivity index (χ4v) is 4.89. The third-order valence-electron chi connectivity index (χ3n) is 3.55. The molecule has 1 N–H and O–H groups in total. The minimum atomic E-state index is -3.72. The van der Waals surface area contributed by atoms with Gasteiger partial charge in [-0.15, -0.1) is 11.3 Å². The van der Waals surface area contributed by atoms with Crippen molar-refractivity contribution in [2.24, 2.45) is 0 Å². The highest BCUT2D eigenvalue weighted by atomic mass is 32.2. The number of anilines is 1. The van der Waals surface area contributed by atoms with E-state index in [0.29, 0.717) is 5.76 Å². The number of rotatable bonds is 5. The van der Waals surface area contributed by atoms with Gasteiger partial charge in [0.2, 0.25) is 9.84 Å². The van der Waals surface area contributed by atoms with Crippen LogP contribution in [0, 0.1) is 0 Å². The summed E-state index contributed by atoms with van der Waals surface area (Å²) < 4.78 is 30.8. The van der Waals surface area contributed by atoms with Gasteiger partial charge in [-0.05, 0) is 12.1 Å². The molecule has 0 aliphatic carbocycles. The Morgan fingerprint density at radius 1 is 1.20 bits per heavy atom. The number of sulfone groups is 1. The molecule has 3 aromatic rings. The number of nitrogens with zero attached hydrogens (tertiary/aromatic N) is 1. The summed E-state index contributed by atoms with van der Waals surface area (Å²) in [4.78, 5) is 16.7. The molecule has 6 nitrogen and oxygen atoms in total. The molecule has 0 unspecified atom stereocenters. The van der Waals surface area contributed by atoms with Gasteiger partial charge in [-0.2, -0.15) is 0 Å². The Hall–Kier alpha value is -2.45. The molecule has 130 valence electrons. The van der Waals surface area contributed by atoms with Gasteiger partial charge in [0.05, 0.1) is 10.6 Å². The molecule has 1 amide bonds. The Balaban J connectivity index is 1.93. The molecule has 2 aromatic heterocycles. The first-order valence-electron chi connectivity index (χ1n) is 7.52. The zero-order chi connectivity index (χ0) is 18.0. The van der Waals surface area contributed by atoms with Crippen molar-refractivity contribution in [1.29, 1.82) is 0 Å². The second kappa shape index (κ2) is 6.81. The summed E-state index contributed by atoms with van der Waals surface area (Å²) >= 11 is 1.20. The van der Waals surface area contributed by atoms with Crippen molar-refractivity contribution in [2.45, 2.75) is 29.6 Å². The molecule has 0 saturated carbocycles. The van der Waals surface area contributed by atoms with Gasteiger partial charge in [-0.3, -0.25) is 4.79 Å². The van der Waals surface area contributed by atoms with E-state index in [1.807, 2.05) is 13.8 Å². The fourth-order valence-electron chi connectivity index (χ4n) is 2.33. The predicted octanol–water partition coefficient (Wildman–Crippen LogP) is 3.94. The predicted molar refractivity (Wildman–Crippen MR) is 94.8 cm³/mol. The highest BCUT2D eigenvalue weighted by Crippen LogP contribution is 2.31. The van der Waals surface area contributed by atoms with Crippen LogP contribution in [0.3, 0.4) is 0 Å². The monoisotopic (exact) mass is 376 g/mol. The van der Waals surface area contributed by atoms with Gasteiger partial charge in [-0.25, -0.2) is 13.4 Å². The smallest absolute Gasteiger partial charge is 0.277 e. The standard InChI is InChI=1S/C17H16N2O4S2/c1-11(2)16-15(18-10-23-16)17(20)19-13-8-24-9-14(13)25(21,22)12-6-4-3-5-7-12/h3-11H,1-2H3,(H,19,20). The maximum absolute atomic E-state index is 12.8. The van der Waals surface area contributed by atoms with E-state index in [1.165, 1.54) is 35.2 Å². The van der Waals surface area contributed by atoms with Crippen molar-refractivity contribution in [3.63, 3.8) is 0 Å². The highest BCUT2D eigenvalue weighted by Gasteiger charge is 2.25. The number of thiophene rings is 1. The normalized spacial score (nSPS) is 11.6. The molecular weight excluding hydrogens is 360 g/mol. The topological polar surface area (TPSA) is 89.3 Å². The van der Waals surface area contributed by atoms with Crippen molar-refractivity contribution in [3.05, 3.63) is 58.9 Å². The van der Waals surface area contributed by atoms with Crippen LogP contribution in [-0.4, -0.2) is 19.3 Å². The van der Waals surface area contributed by atoms with E-state index in [1.54, 1.807) is 23.6 Å². The number of carbonyl (C=O) groups excluding carboxylic acids is 1. The number of oxazole rings is 1. The Morgan fingerprint density at radius 2 is 1.92 bits per heavy atom. The molecule has 0 aliphatic rings. The lowest BCUT2D eigenvalue weighted by Gasteiger charge is -2.08. The van der Waals surface area contributed by atoms with E-state index in [2.05, 4.69) is 10.3 Å². The molecule has 25 heavy (non-hydrogen) atoms. The van der Waals surface area contributed by atoms with Gasteiger partial charge in [0.25, 0.3) is 5.91 Å². The molecule has 3 rings (SSSR count). The maximum Gasteiger partial charge on any atom is 0.277 e. The van der Waals surface area contributed by atoms with Crippen LogP contribution in [0.15, 0.2) is 61.7 Å². The van der Waals surface area contributed by atoms with Crippen LogP contribution in [0.5, 0.6) is 0 Å². The van der Waals surface area contributed by atoms with E-state index in [4.69, 9.17) is 4.42 Å². The van der Waals surface area contributed by atoms with Crippen molar-refractivity contribution in [3.8, 4) is 0 Å². The molecule has 0 spiro atoms. The molecule has 0 radical (unpaired) electrons. The molecule has 8 heteroatoms. The summed E-state index contributed by atoms with van der Waals surface area (Å²) in [6, 6.07) is 8.09. The first kappa shape index (κ1) is 17.4. The van der Waals surface area contributed by atoms with Crippen molar-refractivity contribution in [2.75, 3.05) is 5.32 Å². The third kappa shape index (κ3) is 3.35. The molecule has 0 atom stereocenters. The van der Waals surface area contributed by atoms with Crippen LogP contribution in [-0.2, 0) is 9.84 Å². The average Bonchev–Trinajstić information content (AvgIpc) is 3.25. The van der Waals surface area contributed by atoms with Crippen LogP contribution in [0.1, 0.15) is 36.0 Å². The molecule has 0 saturated heterocycles. The van der Waals surface area contributed by atoms with Crippen LogP contribution in [0.4, 0.5) is 5.69 Å². The quantitative estimate of drug-likeness (QED) is 0.728. The van der Waals surface area contributed by atoms with E-state index < -0.39 is 15.7 Å². The van der Waals surface area contributed by atoms with Crippen molar-refractivity contribution in [1.82, 2.24) is 4.98 Å². The second-order valence-electron chi connectivity index (χ2n) is 5.64. The summed E-state index contributed by atoms with van der Waals surface area (Å²) in [5.41, 5.74) is 0.390. The molecule has 1 aromatic carbocycles. The van der Waals surface area contributed by atoms with Gasteiger partial charge >= 0.3 is 0 Å². The SMILES string of the molecule is CC(C)c1ocnc1C(=O)Nc1cscc1S(=O)(=O)c1ccccc1. The molecule has 0 aliphatic heterocycles. The Morgan fingerprint density at radius 3 is 2.60 bits per heavy atom. The number of aromatic nitrogens is 1. The fraction of sp³-hybridized carbons (Fsp3) is 0.176. The van der Waals surface area contributed by atoms with Crippen LogP contribution < -0.4 is 5.32 Å². The van der Waals surface area contributed by atoms with Crippen LogP contribution >= 0.6 is 11.3 Å². The lowest BCUT2D eigenvalue weighted by atomic mass is 10.1. The summed E-state index contributed by atoms with van der Waals surface area (Å²) in [6.07, 6.45) is 1.21. The Bertz CT molecular complexity index is 989. The zero-order valence-electron chi connectivity index (χ0n) is 13.6. The molecule has 2 heterocycles. The summed E-state index contributed by atoms with van der Waals surface area (Å²) in [5, 5.41) is 5.72. The number of hydrogen-bond acceptors (Lipinski definition) is 6. The summed E-state index contributed by atoms with van der Waals surface area (Å²) in [5.74, 6) is -0.0567. The molecule has 0 bridgehead atoms. The van der Waals surface area contributed by atoms with Crippen LogP contribution in [0.2, 0.25) is 0 Å². The summed E-state index contributed by atoms with van der Waals surface area (Å²) in [6.45, 7) is 3.76. The minimum absolute atomic E-state index is 0.0155. The number of benzene rings is 1. The number of nitrogens with one attached hydrogen (secondary N) is 1. The molecule has 0 fully saturated rings.